The van der Waals surface area contributed by atoms with Crippen LogP contribution in [0.2, 0.25) is 0 Å². The van der Waals surface area contributed by atoms with Crippen LogP contribution >= 0.6 is 0 Å². The number of piperidine rings is 1. The highest BCUT2D eigenvalue weighted by molar-refractivity contribution is 5.81. The van der Waals surface area contributed by atoms with Crippen molar-refractivity contribution in [3.05, 3.63) is 0 Å². The van der Waals surface area contributed by atoms with Crippen molar-refractivity contribution in [2.75, 3.05) is 32.7 Å². The Hall–Kier alpha value is -1.10. The van der Waals surface area contributed by atoms with Gasteiger partial charge in [-0.2, -0.15) is 0 Å². The summed E-state index contributed by atoms with van der Waals surface area (Å²) < 4.78 is 0. The van der Waals surface area contributed by atoms with Crippen molar-refractivity contribution in [1.29, 1.82) is 0 Å². The molecule has 1 unspecified atom stereocenters. The SMILES string of the molecule is CCCN(CC(=O)N1CCCC(C(N)=O)C1)CC1CC1. The van der Waals surface area contributed by atoms with E-state index in [9.17, 15) is 9.59 Å². The Morgan fingerprint density at radius 2 is 2.05 bits per heavy atom. The second-order valence-electron chi connectivity index (χ2n) is 6.26. The smallest absolute Gasteiger partial charge is 0.236 e. The van der Waals surface area contributed by atoms with Crippen LogP contribution in [0.3, 0.4) is 0 Å². The van der Waals surface area contributed by atoms with Gasteiger partial charge in [-0.15, -0.1) is 0 Å². The van der Waals surface area contributed by atoms with E-state index in [1.165, 1.54) is 12.8 Å². The summed E-state index contributed by atoms with van der Waals surface area (Å²) in [5, 5.41) is 0. The van der Waals surface area contributed by atoms with Gasteiger partial charge in [0.25, 0.3) is 0 Å². The molecule has 114 valence electrons. The third-order valence-corrected chi connectivity index (χ3v) is 4.29. The van der Waals surface area contributed by atoms with Crippen LogP contribution in [0.15, 0.2) is 0 Å². The second kappa shape index (κ2) is 7.07. The normalized spacial score (nSPS) is 23.1. The first-order valence-electron chi connectivity index (χ1n) is 7.89. The predicted molar refractivity (Wildman–Crippen MR) is 78.0 cm³/mol. The van der Waals surface area contributed by atoms with Crippen molar-refractivity contribution >= 4 is 11.8 Å². The van der Waals surface area contributed by atoms with E-state index in [4.69, 9.17) is 5.73 Å². The van der Waals surface area contributed by atoms with Gasteiger partial charge in [-0.3, -0.25) is 14.5 Å². The highest BCUT2D eigenvalue weighted by Gasteiger charge is 2.29. The Balaban J connectivity index is 1.83. The molecular weight excluding hydrogens is 254 g/mol. The quantitative estimate of drug-likeness (QED) is 0.751. The fraction of sp³-hybridized carbons (Fsp3) is 0.867. The molecule has 2 aliphatic rings. The number of amides is 2. The second-order valence-corrected chi connectivity index (χ2v) is 6.26. The Bertz CT molecular complexity index is 355. The maximum Gasteiger partial charge on any atom is 0.236 e. The average Bonchev–Trinajstić information content (AvgIpc) is 3.23. The first kappa shape index (κ1) is 15.3. The molecule has 0 aromatic heterocycles. The molecule has 1 saturated carbocycles. The number of nitrogens with zero attached hydrogens (tertiary/aromatic N) is 2. The number of primary amides is 1. The highest BCUT2D eigenvalue weighted by atomic mass is 16.2. The van der Waals surface area contributed by atoms with Gasteiger partial charge in [-0.25, -0.2) is 0 Å². The molecule has 1 aliphatic heterocycles. The van der Waals surface area contributed by atoms with Crippen LogP contribution in [0.5, 0.6) is 0 Å². The summed E-state index contributed by atoms with van der Waals surface area (Å²) in [6.07, 6.45) is 5.39. The minimum atomic E-state index is -0.272. The maximum absolute atomic E-state index is 12.4. The molecule has 2 rings (SSSR count). The zero-order chi connectivity index (χ0) is 14.5. The van der Waals surface area contributed by atoms with E-state index in [-0.39, 0.29) is 17.7 Å². The lowest BCUT2D eigenvalue weighted by atomic mass is 9.97. The molecule has 5 nitrogen and oxygen atoms in total. The van der Waals surface area contributed by atoms with Crippen molar-refractivity contribution < 1.29 is 9.59 Å². The summed E-state index contributed by atoms with van der Waals surface area (Å²) in [6, 6.07) is 0. The molecule has 1 aliphatic carbocycles. The molecule has 5 heteroatoms. The highest BCUT2D eigenvalue weighted by Crippen LogP contribution is 2.29. The molecule has 1 heterocycles. The largest absolute Gasteiger partial charge is 0.369 e. The topological polar surface area (TPSA) is 66.6 Å². The van der Waals surface area contributed by atoms with E-state index in [0.29, 0.717) is 13.1 Å². The molecule has 0 aromatic carbocycles. The van der Waals surface area contributed by atoms with Crippen molar-refractivity contribution in [3.8, 4) is 0 Å². The van der Waals surface area contributed by atoms with E-state index in [1.807, 2.05) is 4.90 Å². The number of nitrogens with two attached hydrogens (primary N) is 1. The third kappa shape index (κ3) is 4.47. The summed E-state index contributed by atoms with van der Waals surface area (Å²) in [6.45, 7) is 5.95. The molecule has 2 fully saturated rings. The number of hydrogen-bond donors (Lipinski definition) is 1. The van der Waals surface area contributed by atoms with E-state index >= 15 is 0 Å². The van der Waals surface area contributed by atoms with Crippen LogP contribution < -0.4 is 5.73 Å². The van der Waals surface area contributed by atoms with Gasteiger partial charge < -0.3 is 10.6 Å². The summed E-state index contributed by atoms with van der Waals surface area (Å²) in [5.74, 6) is 0.528. The van der Waals surface area contributed by atoms with Gasteiger partial charge in [0, 0.05) is 19.6 Å². The molecule has 0 aromatic rings. The Morgan fingerprint density at radius 1 is 1.30 bits per heavy atom. The lowest BCUT2D eigenvalue weighted by molar-refractivity contribution is -0.136. The first-order chi connectivity index (χ1) is 9.60. The van der Waals surface area contributed by atoms with E-state index in [0.717, 1.165) is 44.8 Å². The van der Waals surface area contributed by atoms with Gasteiger partial charge in [-0.1, -0.05) is 6.92 Å². The lowest BCUT2D eigenvalue weighted by Gasteiger charge is -2.33. The summed E-state index contributed by atoms with van der Waals surface area (Å²) in [4.78, 5) is 27.8. The van der Waals surface area contributed by atoms with Crippen molar-refractivity contribution in [1.82, 2.24) is 9.80 Å². The fourth-order valence-electron chi connectivity index (χ4n) is 2.94. The van der Waals surface area contributed by atoms with Crippen LogP contribution in [0.1, 0.15) is 39.0 Å². The number of likely N-dealkylation sites (tertiary alicyclic amines) is 1. The van der Waals surface area contributed by atoms with Crippen LogP contribution in [0, 0.1) is 11.8 Å². The molecule has 0 radical (unpaired) electrons. The van der Waals surface area contributed by atoms with Gasteiger partial charge in [0.15, 0.2) is 0 Å². The maximum atomic E-state index is 12.4. The minimum Gasteiger partial charge on any atom is -0.369 e. The molecule has 2 amide bonds. The van der Waals surface area contributed by atoms with Crippen LogP contribution in [0.4, 0.5) is 0 Å². The Kier molecular flexibility index (Phi) is 5.40. The molecule has 1 atom stereocenters. The lowest BCUT2D eigenvalue weighted by Crippen LogP contribution is -2.48. The van der Waals surface area contributed by atoms with Gasteiger partial charge >= 0.3 is 0 Å². The van der Waals surface area contributed by atoms with Crippen molar-refractivity contribution in [2.24, 2.45) is 17.6 Å². The van der Waals surface area contributed by atoms with Gasteiger partial charge in [-0.05, 0) is 44.6 Å². The number of carbonyl (C=O) groups excluding carboxylic acids is 2. The molecular formula is C15H27N3O2. The van der Waals surface area contributed by atoms with E-state index in [2.05, 4.69) is 11.8 Å². The predicted octanol–water partition coefficient (Wildman–Crippen LogP) is 0.832. The van der Waals surface area contributed by atoms with Crippen LogP contribution in [-0.2, 0) is 9.59 Å². The molecule has 20 heavy (non-hydrogen) atoms. The molecule has 0 spiro atoms. The Morgan fingerprint density at radius 3 is 2.65 bits per heavy atom. The number of hydrogen-bond acceptors (Lipinski definition) is 3. The zero-order valence-electron chi connectivity index (χ0n) is 12.5. The van der Waals surface area contributed by atoms with Gasteiger partial charge in [0.05, 0.1) is 12.5 Å². The standard InChI is InChI=1S/C15H27N3O2/c1-2-7-17(9-12-5-6-12)11-14(19)18-8-3-4-13(10-18)15(16)20/h12-13H,2-11H2,1H3,(H2,16,20). The first-order valence-corrected chi connectivity index (χ1v) is 7.89. The van der Waals surface area contributed by atoms with Crippen molar-refractivity contribution in [3.63, 3.8) is 0 Å². The number of rotatable bonds is 7. The van der Waals surface area contributed by atoms with E-state index in [1.54, 1.807) is 0 Å². The van der Waals surface area contributed by atoms with Crippen LogP contribution in [0.25, 0.3) is 0 Å². The van der Waals surface area contributed by atoms with E-state index < -0.39 is 0 Å². The monoisotopic (exact) mass is 281 g/mol. The molecule has 0 bridgehead atoms. The number of carbonyl (C=O) groups is 2. The van der Waals surface area contributed by atoms with Gasteiger partial charge in [0.1, 0.15) is 0 Å². The van der Waals surface area contributed by atoms with Crippen LogP contribution in [-0.4, -0.2) is 54.3 Å². The minimum absolute atomic E-state index is 0.157. The summed E-state index contributed by atoms with van der Waals surface area (Å²) >= 11 is 0. The summed E-state index contributed by atoms with van der Waals surface area (Å²) in [7, 11) is 0. The summed E-state index contributed by atoms with van der Waals surface area (Å²) in [5.41, 5.74) is 5.37. The van der Waals surface area contributed by atoms with Crippen molar-refractivity contribution in [2.45, 2.75) is 39.0 Å². The molecule has 1 saturated heterocycles. The average molecular weight is 281 g/mol. The molecule has 2 N–H and O–H groups in total. The van der Waals surface area contributed by atoms with Gasteiger partial charge in [0.2, 0.25) is 11.8 Å². The fourth-order valence-corrected chi connectivity index (χ4v) is 2.94. The Labute approximate surface area is 121 Å². The zero-order valence-corrected chi connectivity index (χ0v) is 12.5. The third-order valence-electron chi connectivity index (χ3n) is 4.29.